The fraction of sp³-hybridized carbons (Fsp3) is 0.261. The van der Waals surface area contributed by atoms with E-state index in [1.165, 1.54) is 52.0 Å². The van der Waals surface area contributed by atoms with E-state index in [1.807, 2.05) is 0 Å². The normalized spacial score (nSPS) is 10.1. The standard InChI is InChI=1S/C23H23NO9/c1-13(25)30-19-7-5-17(9-21(19)32-15(3)27)11-23(29)24-12-18-6-8-20(31-14(2)26)22(10-18)33-16(4)28/h5-10H,11-12H2,1-4H3,(H,24,29). The van der Waals surface area contributed by atoms with Gasteiger partial charge in [-0.1, -0.05) is 12.1 Å². The van der Waals surface area contributed by atoms with Crippen LogP contribution < -0.4 is 24.3 Å². The van der Waals surface area contributed by atoms with Crippen molar-refractivity contribution in [1.29, 1.82) is 0 Å². The third-order valence-electron chi connectivity index (χ3n) is 3.89. The van der Waals surface area contributed by atoms with Gasteiger partial charge in [0.25, 0.3) is 0 Å². The van der Waals surface area contributed by atoms with Crippen LogP contribution in [0.25, 0.3) is 0 Å². The highest BCUT2D eigenvalue weighted by molar-refractivity contribution is 5.79. The van der Waals surface area contributed by atoms with Crippen molar-refractivity contribution >= 4 is 29.8 Å². The van der Waals surface area contributed by atoms with Crippen LogP contribution in [-0.2, 0) is 36.9 Å². The van der Waals surface area contributed by atoms with Gasteiger partial charge in [-0.15, -0.1) is 0 Å². The molecule has 0 aliphatic rings. The predicted octanol–water partition coefficient (Wildman–Crippen LogP) is 2.25. The molecule has 0 bridgehead atoms. The Kier molecular flexibility index (Phi) is 8.67. The van der Waals surface area contributed by atoms with E-state index in [1.54, 1.807) is 12.1 Å². The summed E-state index contributed by atoms with van der Waals surface area (Å²) in [5, 5.41) is 2.71. The second kappa shape index (κ2) is 11.4. The number of ether oxygens (including phenoxy) is 4. The van der Waals surface area contributed by atoms with Gasteiger partial charge in [0.05, 0.1) is 6.42 Å². The number of hydrogen-bond acceptors (Lipinski definition) is 9. The number of benzene rings is 2. The van der Waals surface area contributed by atoms with Crippen LogP contribution in [0.4, 0.5) is 0 Å². The average Bonchev–Trinajstić information content (AvgIpc) is 2.68. The van der Waals surface area contributed by atoms with Crippen LogP contribution in [0.3, 0.4) is 0 Å². The number of carbonyl (C=O) groups is 5. The molecule has 0 fully saturated rings. The van der Waals surface area contributed by atoms with Crippen molar-refractivity contribution in [3.63, 3.8) is 0 Å². The Labute approximate surface area is 189 Å². The van der Waals surface area contributed by atoms with Crippen molar-refractivity contribution < 1.29 is 42.9 Å². The number of amides is 1. The highest BCUT2D eigenvalue weighted by Crippen LogP contribution is 2.30. The quantitative estimate of drug-likeness (QED) is 0.468. The molecule has 2 rings (SSSR count). The average molecular weight is 457 g/mol. The zero-order valence-electron chi connectivity index (χ0n) is 18.6. The van der Waals surface area contributed by atoms with E-state index in [9.17, 15) is 24.0 Å². The first kappa shape index (κ1) is 25.1. The van der Waals surface area contributed by atoms with Gasteiger partial charge in [-0.25, -0.2) is 0 Å². The summed E-state index contributed by atoms with van der Waals surface area (Å²) in [4.78, 5) is 57.5. The van der Waals surface area contributed by atoms with Gasteiger partial charge in [0.2, 0.25) is 5.91 Å². The van der Waals surface area contributed by atoms with Crippen molar-refractivity contribution in [3.8, 4) is 23.0 Å². The molecule has 10 nitrogen and oxygen atoms in total. The van der Waals surface area contributed by atoms with E-state index in [-0.39, 0.29) is 41.9 Å². The Balaban J connectivity index is 2.08. The Morgan fingerprint density at radius 1 is 0.606 bits per heavy atom. The van der Waals surface area contributed by atoms with E-state index in [0.29, 0.717) is 11.1 Å². The summed E-state index contributed by atoms with van der Waals surface area (Å²) >= 11 is 0. The number of nitrogens with one attached hydrogen (secondary N) is 1. The van der Waals surface area contributed by atoms with Crippen molar-refractivity contribution in [3.05, 3.63) is 47.5 Å². The largest absolute Gasteiger partial charge is 0.423 e. The molecule has 0 aromatic heterocycles. The summed E-state index contributed by atoms with van der Waals surface area (Å²) in [6.07, 6.45) is -0.0447. The molecule has 0 unspecified atom stereocenters. The maximum atomic E-state index is 12.4. The fourth-order valence-electron chi connectivity index (χ4n) is 2.72. The molecule has 174 valence electrons. The van der Waals surface area contributed by atoms with Gasteiger partial charge >= 0.3 is 23.9 Å². The lowest BCUT2D eigenvalue weighted by Gasteiger charge is -2.12. The fourth-order valence-corrected chi connectivity index (χ4v) is 2.72. The van der Waals surface area contributed by atoms with Gasteiger partial charge in [-0.3, -0.25) is 24.0 Å². The first-order valence-corrected chi connectivity index (χ1v) is 9.79. The lowest BCUT2D eigenvalue weighted by molar-refractivity contribution is -0.134. The number of carbonyl (C=O) groups excluding carboxylic acids is 5. The predicted molar refractivity (Wildman–Crippen MR) is 114 cm³/mol. The molecule has 1 amide bonds. The second-order valence-corrected chi connectivity index (χ2v) is 6.89. The van der Waals surface area contributed by atoms with E-state index in [4.69, 9.17) is 18.9 Å². The minimum absolute atomic E-state index is 0.0232. The molecule has 2 aromatic rings. The molecule has 1 N–H and O–H groups in total. The highest BCUT2D eigenvalue weighted by Gasteiger charge is 2.14. The van der Waals surface area contributed by atoms with Crippen LogP contribution in [0.2, 0.25) is 0 Å². The summed E-state index contributed by atoms with van der Waals surface area (Å²) in [5.41, 5.74) is 1.12. The third kappa shape index (κ3) is 8.44. The third-order valence-corrected chi connectivity index (χ3v) is 3.89. The van der Waals surface area contributed by atoms with Crippen molar-refractivity contribution in [2.45, 2.75) is 40.7 Å². The van der Waals surface area contributed by atoms with E-state index in [0.717, 1.165) is 0 Å². The molecule has 0 radical (unpaired) electrons. The summed E-state index contributed by atoms with van der Waals surface area (Å²) in [5.74, 6) is -2.48. The minimum Gasteiger partial charge on any atom is -0.423 e. The second-order valence-electron chi connectivity index (χ2n) is 6.89. The smallest absolute Gasteiger partial charge is 0.308 e. The summed E-state index contributed by atoms with van der Waals surface area (Å²) in [7, 11) is 0. The van der Waals surface area contributed by atoms with E-state index >= 15 is 0 Å². The Bertz CT molecular complexity index is 1090. The van der Waals surface area contributed by atoms with Crippen LogP contribution in [0.5, 0.6) is 23.0 Å². The van der Waals surface area contributed by atoms with Gasteiger partial charge < -0.3 is 24.3 Å². The number of esters is 4. The van der Waals surface area contributed by atoms with Crippen molar-refractivity contribution in [2.75, 3.05) is 0 Å². The zero-order valence-corrected chi connectivity index (χ0v) is 18.6. The van der Waals surface area contributed by atoms with Crippen molar-refractivity contribution in [1.82, 2.24) is 5.32 Å². The first-order chi connectivity index (χ1) is 15.5. The minimum atomic E-state index is -0.606. The highest BCUT2D eigenvalue weighted by atomic mass is 16.6. The van der Waals surface area contributed by atoms with E-state index < -0.39 is 23.9 Å². The van der Waals surface area contributed by atoms with Gasteiger partial charge in [-0.05, 0) is 35.4 Å². The van der Waals surface area contributed by atoms with Crippen LogP contribution in [0, 0.1) is 0 Å². The summed E-state index contributed by atoms with van der Waals surface area (Å²) in [6, 6.07) is 8.98. The van der Waals surface area contributed by atoms with E-state index in [2.05, 4.69) is 5.32 Å². The molecule has 0 aliphatic heterocycles. The van der Waals surface area contributed by atoms with Crippen LogP contribution in [-0.4, -0.2) is 29.8 Å². The van der Waals surface area contributed by atoms with Gasteiger partial charge in [-0.2, -0.15) is 0 Å². The van der Waals surface area contributed by atoms with Crippen molar-refractivity contribution in [2.24, 2.45) is 0 Å². The van der Waals surface area contributed by atoms with Gasteiger partial charge in [0, 0.05) is 34.2 Å². The molecule has 0 atom stereocenters. The molecular formula is C23H23NO9. The Morgan fingerprint density at radius 2 is 1.00 bits per heavy atom. The van der Waals surface area contributed by atoms with Crippen LogP contribution in [0.15, 0.2) is 36.4 Å². The molecule has 33 heavy (non-hydrogen) atoms. The Morgan fingerprint density at radius 3 is 1.45 bits per heavy atom. The van der Waals surface area contributed by atoms with Gasteiger partial charge in [0.15, 0.2) is 23.0 Å². The maximum Gasteiger partial charge on any atom is 0.308 e. The molecule has 2 aromatic carbocycles. The van der Waals surface area contributed by atoms with Gasteiger partial charge in [0.1, 0.15) is 0 Å². The molecule has 10 heteroatoms. The number of hydrogen-bond donors (Lipinski definition) is 1. The molecule has 0 aliphatic carbocycles. The maximum absolute atomic E-state index is 12.4. The SMILES string of the molecule is CC(=O)Oc1ccc(CNC(=O)Cc2ccc(OC(C)=O)c(OC(C)=O)c2)cc1OC(C)=O. The molecule has 0 spiro atoms. The lowest BCUT2D eigenvalue weighted by Crippen LogP contribution is -2.24. The summed E-state index contributed by atoms with van der Waals surface area (Å²) in [6.45, 7) is 4.95. The monoisotopic (exact) mass is 457 g/mol. The zero-order chi connectivity index (χ0) is 24.5. The molecule has 0 heterocycles. The van der Waals surface area contributed by atoms with Crippen LogP contribution >= 0.6 is 0 Å². The summed E-state index contributed by atoms with van der Waals surface area (Å²) < 4.78 is 20.1. The lowest BCUT2D eigenvalue weighted by atomic mass is 10.1. The topological polar surface area (TPSA) is 134 Å². The molecule has 0 saturated heterocycles. The number of rotatable bonds is 8. The van der Waals surface area contributed by atoms with Crippen LogP contribution in [0.1, 0.15) is 38.8 Å². The molecule has 0 saturated carbocycles. The first-order valence-electron chi connectivity index (χ1n) is 9.79. The Hall–Kier alpha value is -4.21. The molecular weight excluding hydrogens is 434 g/mol.